The maximum atomic E-state index is 5.62. The van der Waals surface area contributed by atoms with Gasteiger partial charge in [-0.25, -0.2) is 0 Å². The fraction of sp³-hybridized carbons (Fsp3) is 0.857. The molecule has 0 unspecified atom stereocenters. The zero-order chi connectivity index (χ0) is 12.5. The fourth-order valence-corrected chi connectivity index (χ4v) is 1.71. The predicted octanol–water partition coefficient (Wildman–Crippen LogP) is 1.90. The predicted molar refractivity (Wildman–Crippen MR) is 73.3 cm³/mol. The highest BCUT2D eigenvalue weighted by Crippen LogP contribution is 2.28. The van der Waals surface area contributed by atoms with Gasteiger partial charge >= 0.3 is 0 Å². The van der Waals surface area contributed by atoms with E-state index >= 15 is 0 Å². The average Bonchev–Trinajstić information content (AvgIpc) is 3.08. The lowest BCUT2D eigenvalue weighted by molar-refractivity contribution is 0.105. The van der Waals surface area contributed by atoms with Crippen LogP contribution in [0.15, 0.2) is 12.2 Å². The molecule has 100 valence electrons. The van der Waals surface area contributed by atoms with Crippen LogP contribution in [-0.4, -0.2) is 51.3 Å². The number of nitrogens with one attached hydrogen (secondary N) is 1. The first-order valence-electron chi connectivity index (χ1n) is 6.86. The first-order valence-corrected chi connectivity index (χ1v) is 6.86. The Morgan fingerprint density at radius 1 is 1.47 bits per heavy atom. The molecule has 0 aromatic heterocycles. The number of nitrogens with zero attached hydrogens (tertiary/aromatic N) is 1. The molecule has 0 atom stereocenters. The summed E-state index contributed by atoms with van der Waals surface area (Å²) < 4.78 is 5.62. The number of hydrogen-bond acceptors (Lipinski definition) is 3. The Kier molecular flexibility index (Phi) is 7.49. The van der Waals surface area contributed by atoms with Crippen molar-refractivity contribution in [3.8, 4) is 0 Å². The van der Waals surface area contributed by atoms with Gasteiger partial charge in [0.25, 0.3) is 0 Å². The normalized spacial score (nSPS) is 15.5. The zero-order valence-corrected chi connectivity index (χ0v) is 11.5. The number of rotatable bonds is 11. The van der Waals surface area contributed by atoms with Crippen molar-refractivity contribution in [2.24, 2.45) is 5.92 Å². The number of ether oxygens (including phenoxy) is 1. The molecule has 1 fully saturated rings. The molecule has 1 rings (SSSR count). The highest BCUT2D eigenvalue weighted by molar-refractivity contribution is 4.99. The lowest BCUT2D eigenvalue weighted by Crippen LogP contribution is -2.29. The van der Waals surface area contributed by atoms with Crippen molar-refractivity contribution >= 4 is 0 Å². The standard InChI is InChI=1S/C14H28N2O/c1-4-7-15-10-13(2)11-16(3)8-9-17-12-14-5-6-14/h14-15H,2,4-12H2,1,3H3. The van der Waals surface area contributed by atoms with E-state index in [9.17, 15) is 0 Å². The first kappa shape index (κ1) is 14.7. The maximum absolute atomic E-state index is 5.62. The third kappa shape index (κ3) is 8.36. The quantitative estimate of drug-likeness (QED) is 0.441. The van der Waals surface area contributed by atoms with E-state index in [0.717, 1.165) is 45.3 Å². The summed E-state index contributed by atoms with van der Waals surface area (Å²) in [5, 5.41) is 3.37. The van der Waals surface area contributed by atoms with Crippen LogP contribution in [0, 0.1) is 5.92 Å². The van der Waals surface area contributed by atoms with Crippen molar-refractivity contribution < 1.29 is 4.74 Å². The van der Waals surface area contributed by atoms with Crippen molar-refractivity contribution in [1.29, 1.82) is 0 Å². The molecule has 3 nitrogen and oxygen atoms in total. The van der Waals surface area contributed by atoms with Gasteiger partial charge < -0.3 is 15.0 Å². The Morgan fingerprint density at radius 3 is 2.88 bits per heavy atom. The summed E-state index contributed by atoms with van der Waals surface area (Å²) in [5.41, 5.74) is 1.25. The first-order chi connectivity index (χ1) is 8.22. The van der Waals surface area contributed by atoms with Crippen LogP contribution in [-0.2, 0) is 4.74 Å². The fourth-order valence-electron chi connectivity index (χ4n) is 1.71. The molecule has 0 spiro atoms. The smallest absolute Gasteiger partial charge is 0.0593 e. The zero-order valence-electron chi connectivity index (χ0n) is 11.5. The van der Waals surface area contributed by atoms with E-state index < -0.39 is 0 Å². The molecule has 0 heterocycles. The van der Waals surface area contributed by atoms with E-state index in [0.29, 0.717) is 0 Å². The highest BCUT2D eigenvalue weighted by atomic mass is 16.5. The van der Waals surface area contributed by atoms with E-state index in [1.807, 2.05) is 0 Å². The molecule has 0 aliphatic heterocycles. The van der Waals surface area contributed by atoms with Gasteiger partial charge in [0.05, 0.1) is 6.61 Å². The molecule has 0 radical (unpaired) electrons. The highest BCUT2D eigenvalue weighted by Gasteiger charge is 2.20. The van der Waals surface area contributed by atoms with Crippen LogP contribution in [0.4, 0.5) is 0 Å². The summed E-state index contributed by atoms with van der Waals surface area (Å²) in [6.07, 6.45) is 3.92. The SMILES string of the molecule is C=C(CNCCC)CN(C)CCOCC1CC1. The van der Waals surface area contributed by atoms with Crippen LogP contribution >= 0.6 is 0 Å². The summed E-state index contributed by atoms with van der Waals surface area (Å²) in [6.45, 7) is 12.1. The Bertz CT molecular complexity index is 214. The Balaban J connectivity index is 1.90. The Morgan fingerprint density at radius 2 is 2.24 bits per heavy atom. The van der Waals surface area contributed by atoms with Crippen molar-refractivity contribution in [1.82, 2.24) is 10.2 Å². The lowest BCUT2D eigenvalue weighted by Gasteiger charge is -2.18. The van der Waals surface area contributed by atoms with Crippen molar-refractivity contribution in [3.63, 3.8) is 0 Å². The van der Waals surface area contributed by atoms with Crippen molar-refractivity contribution in [2.45, 2.75) is 26.2 Å². The van der Waals surface area contributed by atoms with E-state index in [2.05, 4.69) is 30.8 Å². The lowest BCUT2D eigenvalue weighted by atomic mass is 10.3. The molecule has 1 aliphatic rings. The van der Waals surface area contributed by atoms with Gasteiger partial charge in [-0.15, -0.1) is 0 Å². The van der Waals surface area contributed by atoms with Crippen LogP contribution in [0.3, 0.4) is 0 Å². The summed E-state index contributed by atoms with van der Waals surface area (Å²) in [4.78, 5) is 2.28. The Hall–Kier alpha value is -0.380. The van der Waals surface area contributed by atoms with E-state index in [-0.39, 0.29) is 0 Å². The summed E-state index contributed by atoms with van der Waals surface area (Å²) in [5.74, 6) is 0.869. The van der Waals surface area contributed by atoms with Crippen LogP contribution in [0.1, 0.15) is 26.2 Å². The van der Waals surface area contributed by atoms with Crippen LogP contribution in [0.25, 0.3) is 0 Å². The van der Waals surface area contributed by atoms with Crippen LogP contribution in [0.2, 0.25) is 0 Å². The molecule has 1 N–H and O–H groups in total. The molecule has 0 bridgehead atoms. The summed E-state index contributed by atoms with van der Waals surface area (Å²) in [6, 6.07) is 0. The van der Waals surface area contributed by atoms with E-state index in [1.165, 1.54) is 24.8 Å². The molecule has 0 aromatic carbocycles. The molecule has 0 saturated heterocycles. The van der Waals surface area contributed by atoms with Gasteiger partial charge in [0.1, 0.15) is 0 Å². The third-order valence-corrected chi connectivity index (χ3v) is 2.96. The summed E-state index contributed by atoms with van der Waals surface area (Å²) in [7, 11) is 2.13. The van der Waals surface area contributed by atoms with Gasteiger partial charge in [0, 0.05) is 26.2 Å². The molecular weight excluding hydrogens is 212 g/mol. The Labute approximate surface area is 106 Å². The maximum Gasteiger partial charge on any atom is 0.0593 e. The van der Waals surface area contributed by atoms with Crippen molar-refractivity contribution in [2.75, 3.05) is 46.4 Å². The van der Waals surface area contributed by atoms with Gasteiger partial charge in [-0.3, -0.25) is 0 Å². The van der Waals surface area contributed by atoms with Crippen LogP contribution < -0.4 is 5.32 Å². The molecule has 1 saturated carbocycles. The second-order valence-corrected chi connectivity index (χ2v) is 5.18. The minimum atomic E-state index is 0.850. The number of likely N-dealkylation sites (N-methyl/N-ethyl adjacent to an activating group) is 1. The molecule has 0 aromatic rings. The van der Waals surface area contributed by atoms with E-state index in [1.54, 1.807) is 0 Å². The second kappa shape index (κ2) is 8.67. The monoisotopic (exact) mass is 240 g/mol. The second-order valence-electron chi connectivity index (χ2n) is 5.18. The summed E-state index contributed by atoms with van der Waals surface area (Å²) >= 11 is 0. The molecule has 17 heavy (non-hydrogen) atoms. The third-order valence-electron chi connectivity index (χ3n) is 2.96. The van der Waals surface area contributed by atoms with Gasteiger partial charge in [-0.1, -0.05) is 13.5 Å². The van der Waals surface area contributed by atoms with Gasteiger partial charge in [-0.05, 0) is 44.3 Å². The van der Waals surface area contributed by atoms with Crippen LogP contribution in [0.5, 0.6) is 0 Å². The largest absolute Gasteiger partial charge is 0.380 e. The molecule has 3 heteroatoms. The average molecular weight is 240 g/mol. The molecule has 0 amide bonds. The van der Waals surface area contributed by atoms with E-state index in [4.69, 9.17) is 4.74 Å². The topological polar surface area (TPSA) is 24.5 Å². The molecular formula is C14H28N2O. The number of hydrogen-bond donors (Lipinski definition) is 1. The van der Waals surface area contributed by atoms with Gasteiger partial charge in [-0.2, -0.15) is 0 Å². The molecule has 1 aliphatic carbocycles. The van der Waals surface area contributed by atoms with Gasteiger partial charge in [0.2, 0.25) is 0 Å². The van der Waals surface area contributed by atoms with Gasteiger partial charge in [0.15, 0.2) is 0 Å². The minimum Gasteiger partial charge on any atom is -0.380 e. The van der Waals surface area contributed by atoms with Crippen molar-refractivity contribution in [3.05, 3.63) is 12.2 Å². The minimum absolute atomic E-state index is 0.850.